The molecule has 1 nitrogen and oxygen atoms in total. The molecule has 0 aromatic carbocycles. The molecule has 0 aromatic rings. The predicted octanol–water partition coefficient (Wildman–Crippen LogP) is 6.56. The van der Waals surface area contributed by atoms with E-state index >= 15 is 0 Å². The molecule has 0 bridgehead atoms. The Morgan fingerprint density at radius 2 is 1.73 bits per heavy atom. The lowest BCUT2D eigenvalue weighted by Gasteiger charge is -2.42. The molecule has 0 radical (unpaired) electrons. The average molecular weight is 339 g/mol. The first-order valence-corrected chi connectivity index (χ1v) is 14.9. The van der Waals surface area contributed by atoms with Gasteiger partial charge in [-0.3, -0.25) is 0 Å². The Morgan fingerprint density at radius 1 is 1.23 bits per heavy atom. The van der Waals surface area contributed by atoms with Gasteiger partial charge in [0, 0.05) is 0 Å². The van der Waals surface area contributed by atoms with Gasteiger partial charge in [0.25, 0.3) is 0 Å². The second-order valence-corrected chi connectivity index (χ2v) is 19.7. The zero-order chi connectivity index (χ0) is 17.6. The molecule has 0 spiro atoms. The van der Waals surface area contributed by atoms with Gasteiger partial charge in [-0.1, -0.05) is 73.0 Å². The maximum Gasteiger partial charge on any atom is 0.192 e. The van der Waals surface area contributed by atoms with E-state index in [1.54, 1.807) is 0 Å². The summed E-state index contributed by atoms with van der Waals surface area (Å²) in [5.41, 5.74) is 5.47. The van der Waals surface area contributed by atoms with Crippen molar-refractivity contribution < 1.29 is 4.43 Å². The van der Waals surface area contributed by atoms with Crippen molar-refractivity contribution in [1.82, 2.24) is 0 Å². The maximum absolute atomic E-state index is 6.78. The summed E-state index contributed by atoms with van der Waals surface area (Å²) in [6, 6.07) is 1.29. The monoisotopic (exact) mass is 338 g/mol. The smallest absolute Gasteiger partial charge is 0.192 e. The van der Waals surface area contributed by atoms with Crippen molar-refractivity contribution in [3.63, 3.8) is 0 Å². The van der Waals surface area contributed by atoms with Crippen LogP contribution in [0, 0.1) is 5.41 Å². The van der Waals surface area contributed by atoms with Crippen LogP contribution in [0.15, 0.2) is 23.4 Å². The van der Waals surface area contributed by atoms with Crippen LogP contribution in [-0.2, 0) is 4.43 Å². The van der Waals surface area contributed by atoms with Crippen molar-refractivity contribution in [2.45, 2.75) is 91.3 Å². The summed E-state index contributed by atoms with van der Waals surface area (Å²) >= 11 is 0. The summed E-state index contributed by atoms with van der Waals surface area (Å²) in [5, 5.41) is 0.243. The molecule has 0 aromatic heterocycles. The Labute approximate surface area is 141 Å². The van der Waals surface area contributed by atoms with Crippen molar-refractivity contribution >= 4 is 16.4 Å². The highest BCUT2D eigenvalue weighted by Gasteiger charge is 2.47. The van der Waals surface area contributed by atoms with Gasteiger partial charge >= 0.3 is 0 Å². The van der Waals surface area contributed by atoms with Gasteiger partial charge < -0.3 is 4.43 Å². The first-order chi connectivity index (χ1) is 9.63. The summed E-state index contributed by atoms with van der Waals surface area (Å²) in [6.45, 7) is 28.0. The van der Waals surface area contributed by atoms with Gasteiger partial charge in [0.1, 0.15) is 0 Å². The van der Waals surface area contributed by atoms with Gasteiger partial charge in [0.05, 0.1) is 14.2 Å². The van der Waals surface area contributed by atoms with Crippen molar-refractivity contribution in [2.75, 3.05) is 0 Å². The molecule has 0 N–H and O–H groups in total. The van der Waals surface area contributed by atoms with E-state index in [-0.39, 0.29) is 16.6 Å². The molecule has 0 heterocycles. The SMILES string of the molecule is C=C1/C(=C/[Si](C)(C)CC)CC(C)(C)C1O[Si](C)(C)C(C)(C)C. The largest absolute Gasteiger partial charge is 0.409 e. The van der Waals surface area contributed by atoms with Crippen LogP contribution in [0.2, 0.25) is 37.3 Å². The van der Waals surface area contributed by atoms with Crippen LogP contribution in [0.4, 0.5) is 0 Å². The van der Waals surface area contributed by atoms with Crippen LogP contribution in [-0.4, -0.2) is 22.5 Å². The summed E-state index contributed by atoms with van der Waals surface area (Å²) in [7, 11) is -3.01. The van der Waals surface area contributed by atoms with E-state index in [1.807, 2.05) is 0 Å². The quantitative estimate of drug-likeness (QED) is 0.528. The lowest BCUT2D eigenvalue weighted by Crippen LogP contribution is -2.46. The fourth-order valence-electron chi connectivity index (χ4n) is 2.76. The second-order valence-electron chi connectivity index (χ2n) is 9.96. The summed E-state index contributed by atoms with van der Waals surface area (Å²) in [4.78, 5) is 0. The molecular formula is C19H38OSi2. The molecule has 1 fully saturated rings. The van der Waals surface area contributed by atoms with Gasteiger partial charge in [-0.15, -0.1) is 0 Å². The van der Waals surface area contributed by atoms with Gasteiger partial charge in [-0.2, -0.15) is 0 Å². The van der Waals surface area contributed by atoms with Crippen molar-refractivity contribution in [3.05, 3.63) is 23.4 Å². The van der Waals surface area contributed by atoms with Gasteiger partial charge in [-0.25, -0.2) is 0 Å². The Kier molecular flexibility index (Phi) is 5.49. The normalized spacial score (nSPS) is 25.1. The third kappa shape index (κ3) is 4.24. The van der Waals surface area contributed by atoms with Crippen LogP contribution in [0.25, 0.3) is 0 Å². The molecule has 1 aliphatic carbocycles. The molecule has 0 aliphatic heterocycles. The molecule has 1 aliphatic rings. The third-order valence-electron chi connectivity index (χ3n) is 5.78. The fraction of sp³-hybridized carbons (Fsp3) is 0.789. The van der Waals surface area contributed by atoms with E-state index in [1.165, 1.54) is 17.2 Å². The summed E-state index contributed by atoms with van der Waals surface area (Å²) in [6.07, 6.45) is 1.29. The molecular weight excluding hydrogens is 300 g/mol. The number of hydrogen-bond donors (Lipinski definition) is 0. The first-order valence-electron chi connectivity index (χ1n) is 8.72. The van der Waals surface area contributed by atoms with Crippen LogP contribution < -0.4 is 0 Å². The van der Waals surface area contributed by atoms with E-state index in [0.717, 1.165) is 6.42 Å². The minimum absolute atomic E-state index is 0.163. The topological polar surface area (TPSA) is 9.23 Å². The minimum Gasteiger partial charge on any atom is -0.409 e. The van der Waals surface area contributed by atoms with E-state index in [2.05, 4.69) is 80.0 Å². The average Bonchev–Trinajstić information content (AvgIpc) is 2.50. The molecule has 1 atom stereocenters. The highest BCUT2D eigenvalue weighted by Crippen LogP contribution is 2.49. The molecule has 0 saturated heterocycles. The van der Waals surface area contributed by atoms with Gasteiger partial charge in [-0.05, 0) is 41.1 Å². The van der Waals surface area contributed by atoms with Crippen molar-refractivity contribution in [1.29, 1.82) is 0 Å². The van der Waals surface area contributed by atoms with Crippen molar-refractivity contribution in [2.24, 2.45) is 5.41 Å². The fourth-order valence-corrected chi connectivity index (χ4v) is 5.60. The molecule has 1 rings (SSSR count). The minimum atomic E-state index is -1.77. The molecule has 0 amide bonds. The van der Waals surface area contributed by atoms with Crippen LogP contribution in [0.5, 0.6) is 0 Å². The van der Waals surface area contributed by atoms with Crippen LogP contribution >= 0.6 is 0 Å². The lowest BCUT2D eigenvalue weighted by atomic mass is 9.89. The number of hydrogen-bond acceptors (Lipinski definition) is 1. The second kappa shape index (κ2) is 6.06. The molecule has 22 heavy (non-hydrogen) atoms. The maximum atomic E-state index is 6.78. The zero-order valence-corrected chi connectivity index (χ0v) is 18.7. The summed E-state index contributed by atoms with van der Waals surface area (Å²) in [5.74, 6) is 0. The molecule has 1 unspecified atom stereocenters. The molecule has 3 heteroatoms. The van der Waals surface area contributed by atoms with Crippen molar-refractivity contribution in [3.8, 4) is 0 Å². The third-order valence-corrected chi connectivity index (χ3v) is 13.2. The Hall–Kier alpha value is -0.126. The Morgan fingerprint density at radius 3 is 2.14 bits per heavy atom. The van der Waals surface area contributed by atoms with E-state index in [9.17, 15) is 0 Å². The zero-order valence-electron chi connectivity index (χ0n) is 16.7. The van der Waals surface area contributed by atoms with Gasteiger partial charge in [0.15, 0.2) is 8.32 Å². The molecule has 1 saturated carbocycles. The first kappa shape index (κ1) is 19.9. The van der Waals surface area contributed by atoms with Crippen LogP contribution in [0.3, 0.4) is 0 Å². The van der Waals surface area contributed by atoms with E-state index in [0.29, 0.717) is 0 Å². The van der Waals surface area contributed by atoms with Crippen LogP contribution in [0.1, 0.15) is 48.0 Å². The summed E-state index contributed by atoms with van der Waals surface area (Å²) < 4.78 is 6.78. The molecule has 128 valence electrons. The lowest BCUT2D eigenvalue weighted by molar-refractivity contribution is 0.113. The Bertz CT molecular complexity index is 464. The van der Waals surface area contributed by atoms with E-state index < -0.39 is 16.4 Å². The number of rotatable bonds is 4. The highest BCUT2D eigenvalue weighted by molar-refractivity contribution is 6.82. The van der Waals surface area contributed by atoms with E-state index in [4.69, 9.17) is 4.43 Å². The van der Waals surface area contributed by atoms with Gasteiger partial charge in [0.2, 0.25) is 0 Å². The Balaban J connectivity index is 3.11. The predicted molar refractivity (Wildman–Crippen MR) is 106 cm³/mol. The standard InChI is InChI=1S/C19H38OSi2/c1-12-21(8,9)14-16-13-19(6,7)17(15(16)2)20-22(10,11)18(3,4)5/h14,17H,2,12-13H2,1,3-11H3/b16-14+. The highest BCUT2D eigenvalue weighted by atomic mass is 28.4.